The summed E-state index contributed by atoms with van der Waals surface area (Å²) in [6.45, 7) is 0.978. The Morgan fingerprint density at radius 2 is 2.10 bits per heavy atom. The first-order valence-corrected chi connectivity index (χ1v) is 7.44. The summed E-state index contributed by atoms with van der Waals surface area (Å²) in [5, 5.41) is 6.44. The van der Waals surface area contributed by atoms with Gasteiger partial charge < -0.3 is 25.8 Å². The van der Waals surface area contributed by atoms with Crippen molar-refractivity contribution >= 4 is 33.9 Å². The zero-order chi connectivity index (χ0) is 15.4. The normalized spacial score (nSPS) is 13.8. The Balaban J connectivity index is 2.24. The first-order chi connectivity index (χ1) is 10.1. The average Bonchev–Trinajstić information content (AvgIpc) is 3.21. The van der Waals surface area contributed by atoms with Crippen molar-refractivity contribution in [3.05, 3.63) is 10.4 Å². The molecule has 1 aliphatic rings. The van der Waals surface area contributed by atoms with Crippen molar-refractivity contribution in [3.8, 4) is 0 Å². The molecule has 7 nitrogen and oxygen atoms in total. The molecule has 4 N–H and O–H groups in total. The van der Waals surface area contributed by atoms with Crippen LogP contribution < -0.4 is 16.4 Å². The molecule has 1 fully saturated rings. The van der Waals surface area contributed by atoms with E-state index in [9.17, 15) is 9.59 Å². The first-order valence-electron chi connectivity index (χ1n) is 6.62. The van der Waals surface area contributed by atoms with Gasteiger partial charge in [0.05, 0.1) is 19.4 Å². The highest BCUT2D eigenvalue weighted by molar-refractivity contribution is 7.19. The maximum atomic E-state index is 12.1. The number of carbonyl (C=O) groups is 2. The minimum atomic E-state index is -0.561. The molecular formula is C13H19N3O4S. The van der Waals surface area contributed by atoms with E-state index in [1.54, 1.807) is 7.11 Å². The second kappa shape index (κ2) is 6.77. The number of carbonyl (C=O) groups excluding carboxylic acids is 2. The molecule has 2 rings (SSSR count). The van der Waals surface area contributed by atoms with Crippen LogP contribution in [0.3, 0.4) is 0 Å². The highest BCUT2D eigenvalue weighted by Crippen LogP contribution is 2.36. The summed E-state index contributed by atoms with van der Waals surface area (Å²) in [5.74, 6) is -0.806. The molecule has 0 unspecified atom stereocenters. The van der Waals surface area contributed by atoms with Crippen LogP contribution in [0.4, 0.5) is 10.7 Å². The molecule has 0 atom stereocenters. The largest absolute Gasteiger partial charge is 0.465 e. The molecule has 0 spiro atoms. The second-order valence-corrected chi connectivity index (χ2v) is 5.73. The van der Waals surface area contributed by atoms with E-state index in [1.165, 1.54) is 7.11 Å². The Kier molecular flexibility index (Phi) is 5.03. The van der Waals surface area contributed by atoms with Gasteiger partial charge in [0.2, 0.25) is 0 Å². The molecule has 0 aliphatic heterocycles. The third kappa shape index (κ3) is 3.64. The Bertz CT molecular complexity index is 540. The van der Waals surface area contributed by atoms with E-state index in [4.69, 9.17) is 15.2 Å². The predicted octanol–water partition coefficient (Wildman–Crippen LogP) is 1.07. The molecule has 116 valence electrons. The van der Waals surface area contributed by atoms with Gasteiger partial charge in [-0.1, -0.05) is 0 Å². The number of ether oxygens (including phenoxy) is 2. The van der Waals surface area contributed by atoms with Gasteiger partial charge in [0.25, 0.3) is 5.91 Å². The Morgan fingerprint density at radius 1 is 1.38 bits per heavy atom. The lowest BCUT2D eigenvalue weighted by molar-refractivity contribution is 0.0603. The van der Waals surface area contributed by atoms with Crippen molar-refractivity contribution in [1.82, 2.24) is 5.32 Å². The van der Waals surface area contributed by atoms with E-state index < -0.39 is 5.97 Å². The van der Waals surface area contributed by atoms with Crippen molar-refractivity contribution in [3.63, 3.8) is 0 Å². The minimum Gasteiger partial charge on any atom is -0.465 e. The number of methoxy groups -OCH3 is 2. The molecule has 1 saturated carbocycles. The van der Waals surface area contributed by atoms with E-state index in [1.807, 2.05) is 0 Å². The molecule has 1 aromatic rings. The molecule has 0 aromatic carbocycles. The van der Waals surface area contributed by atoms with E-state index in [0.717, 1.165) is 24.2 Å². The van der Waals surface area contributed by atoms with Crippen LogP contribution in [0.2, 0.25) is 0 Å². The van der Waals surface area contributed by atoms with Crippen molar-refractivity contribution in [2.45, 2.75) is 18.9 Å². The number of thiophene rings is 1. The number of nitrogens with two attached hydrogens (primary N) is 1. The summed E-state index contributed by atoms with van der Waals surface area (Å²) in [7, 11) is 2.86. The van der Waals surface area contributed by atoms with Gasteiger partial charge in [0.1, 0.15) is 15.4 Å². The van der Waals surface area contributed by atoms with E-state index >= 15 is 0 Å². The topological polar surface area (TPSA) is 103 Å². The zero-order valence-corrected chi connectivity index (χ0v) is 12.8. The van der Waals surface area contributed by atoms with Crippen molar-refractivity contribution in [2.75, 3.05) is 38.4 Å². The SMILES string of the molecule is COCCNc1sc(C(=O)NC2CC2)c(N)c1C(=O)OC. The maximum Gasteiger partial charge on any atom is 0.343 e. The standard InChI is InChI=1S/C13H19N3O4S/c1-19-6-5-15-12-8(13(18)20-2)9(14)10(21-12)11(17)16-7-3-4-7/h7,15H,3-6,14H2,1-2H3,(H,16,17). The fourth-order valence-corrected chi connectivity index (χ4v) is 2.82. The summed E-state index contributed by atoms with van der Waals surface area (Å²) in [5.41, 5.74) is 6.32. The Hall–Kier alpha value is -1.80. The van der Waals surface area contributed by atoms with Gasteiger partial charge in [0.15, 0.2) is 0 Å². The predicted molar refractivity (Wildman–Crippen MR) is 80.9 cm³/mol. The van der Waals surface area contributed by atoms with Crippen LogP contribution in [0.1, 0.15) is 32.9 Å². The van der Waals surface area contributed by atoms with Gasteiger partial charge >= 0.3 is 5.97 Å². The van der Waals surface area contributed by atoms with E-state index in [-0.39, 0.29) is 23.2 Å². The Labute approximate surface area is 126 Å². The minimum absolute atomic E-state index is 0.157. The molecule has 0 radical (unpaired) electrons. The number of anilines is 2. The molecular weight excluding hydrogens is 294 g/mol. The quantitative estimate of drug-likeness (QED) is 0.514. The summed E-state index contributed by atoms with van der Waals surface area (Å²) >= 11 is 1.15. The van der Waals surface area contributed by atoms with Crippen LogP contribution in [0.25, 0.3) is 0 Å². The van der Waals surface area contributed by atoms with Crippen LogP contribution in [0.5, 0.6) is 0 Å². The molecule has 0 bridgehead atoms. The first kappa shape index (κ1) is 15.6. The van der Waals surface area contributed by atoms with Gasteiger partial charge in [0, 0.05) is 19.7 Å². The number of esters is 1. The number of amides is 1. The molecule has 0 saturated heterocycles. The molecule has 8 heteroatoms. The van der Waals surface area contributed by atoms with E-state index in [0.29, 0.717) is 23.0 Å². The van der Waals surface area contributed by atoms with Crippen LogP contribution in [0, 0.1) is 0 Å². The molecule has 1 aromatic heterocycles. The van der Waals surface area contributed by atoms with Crippen molar-refractivity contribution in [1.29, 1.82) is 0 Å². The lowest BCUT2D eigenvalue weighted by Gasteiger charge is -2.05. The van der Waals surface area contributed by atoms with Gasteiger partial charge in [-0.2, -0.15) is 0 Å². The molecule has 1 amide bonds. The van der Waals surface area contributed by atoms with Crippen LogP contribution in [-0.2, 0) is 9.47 Å². The summed E-state index contributed by atoms with van der Waals surface area (Å²) in [6, 6.07) is 0.227. The summed E-state index contributed by atoms with van der Waals surface area (Å²) in [6.07, 6.45) is 1.97. The van der Waals surface area contributed by atoms with Crippen molar-refractivity contribution in [2.24, 2.45) is 0 Å². The van der Waals surface area contributed by atoms with E-state index in [2.05, 4.69) is 10.6 Å². The summed E-state index contributed by atoms with van der Waals surface area (Å²) in [4.78, 5) is 24.3. The second-order valence-electron chi connectivity index (χ2n) is 4.71. The molecule has 21 heavy (non-hydrogen) atoms. The van der Waals surface area contributed by atoms with Crippen LogP contribution in [-0.4, -0.2) is 45.3 Å². The lowest BCUT2D eigenvalue weighted by atomic mass is 10.2. The Morgan fingerprint density at radius 3 is 2.67 bits per heavy atom. The average molecular weight is 313 g/mol. The maximum absolute atomic E-state index is 12.1. The third-order valence-electron chi connectivity index (χ3n) is 3.05. The number of rotatable bonds is 7. The third-order valence-corrected chi connectivity index (χ3v) is 4.21. The van der Waals surface area contributed by atoms with Crippen molar-refractivity contribution < 1.29 is 19.1 Å². The van der Waals surface area contributed by atoms with Crippen LogP contribution >= 0.6 is 11.3 Å². The van der Waals surface area contributed by atoms with Gasteiger partial charge in [-0.3, -0.25) is 4.79 Å². The number of hydrogen-bond acceptors (Lipinski definition) is 7. The highest BCUT2D eigenvalue weighted by Gasteiger charge is 2.29. The highest BCUT2D eigenvalue weighted by atomic mass is 32.1. The number of nitrogen functional groups attached to an aromatic ring is 1. The molecule has 1 heterocycles. The smallest absolute Gasteiger partial charge is 0.343 e. The number of nitrogens with one attached hydrogen (secondary N) is 2. The molecule has 1 aliphatic carbocycles. The fraction of sp³-hybridized carbons (Fsp3) is 0.538. The fourth-order valence-electron chi connectivity index (χ4n) is 1.79. The summed E-state index contributed by atoms with van der Waals surface area (Å²) < 4.78 is 9.69. The lowest BCUT2D eigenvalue weighted by Crippen LogP contribution is -2.25. The zero-order valence-electron chi connectivity index (χ0n) is 12.0. The number of hydrogen-bond donors (Lipinski definition) is 3. The monoisotopic (exact) mass is 313 g/mol. The van der Waals surface area contributed by atoms with Crippen LogP contribution in [0.15, 0.2) is 0 Å². The van der Waals surface area contributed by atoms with Gasteiger partial charge in [-0.05, 0) is 12.8 Å². The van der Waals surface area contributed by atoms with Gasteiger partial charge in [-0.25, -0.2) is 4.79 Å². The van der Waals surface area contributed by atoms with Gasteiger partial charge in [-0.15, -0.1) is 11.3 Å².